The second-order valence-electron chi connectivity index (χ2n) is 5.40. The third-order valence-corrected chi connectivity index (χ3v) is 3.48. The Bertz CT molecular complexity index is 399. The van der Waals surface area contributed by atoms with Gasteiger partial charge in [-0.1, -0.05) is 19.1 Å². The number of hydrogen-bond donors (Lipinski definition) is 1. The van der Waals surface area contributed by atoms with Crippen molar-refractivity contribution in [1.29, 1.82) is 0 Å². The van der Waals surface area contributed by atoms with Crippen molar-refractivity contribution in [2.75, 3.05) is 26.2 Å². The first-order chi connectivity index (χ1) is 9.15. The van der Waals surface area contributed by atoms with Gasteiger partial charge in [0, 0.05) is 13.1 Å². The summed E-state index contributed by atoms with van der Waals surface area (Å²) in [6.07, 6.45) is 1.87. The lowest BCUT2D eigenvalue weighted by atomic mass is 10.0. The number of aliphatic hydroxyl groups excluding tert-OH is 1. The molecule has 0 amide bonds. The number of aliphatic hydroxyl groups is 1. The summed E-state index contributed by atoms with van der Waals surface area (Å²) < 4.78 is 18.6. The number of likely N-dealkylation sites (tertiary alicyclic amines) is 1. The number of halogens is 1. The maximum atomic E-state index is 13.3. The minimum atomic E-state index is -0.579. The first kappa shape index (κ1) is 14.3. The molecule has 2 atom stereocenters. The van der Waals surface area contributed by atoms with E-state index in [9.17, 15) is 9.50 Å². The molecule has 1 aliphatic rings. The number of ether oxygens (including phenoxy) is 1. The van der Waals surface area contributed by atoms with Crippen LogP contribution in [-0.2, 0) is 0 Å². The Labute approximate surface area is 114 Å². The minimum absolute atomic E-state index is 0.131. The summed E-state index contributed by atoms with van der Waals surface area (Å²) in [5.74, 6) is 0.503. The number of benzene rings is 1. The van der Waals surface area contributed by atoms with Crippen LogP contribution in [0, 0.1) is 11.7 Å². The van der Waals surface area contributed by atoms with Crippen LogP contribution >= 0.6 is 0 Å². The minimum Gasteiger partial charge on any atom is -0.488 e. The molecule has 3 nitrogen and oxygen atoms in total. The van der Waals surface area contributed by atoms with Crippen LogP contribution in [0.1, 0.15) is 19.8 Å². The molecule has 1 aliphatic heterocycles. The average Bonchev–Trinajstić information content (AvgIpc) is 2.38. The van der Waals surface area contributed by atoms with E-state index in [1.807, 2.05) is 0 Å². The Morgan fingerprint density at radius 3 is 3.00 bits per heavy atom. The molecule has 1 N–H and O–H groups in total. The number of β-amino-alcohol motifs (C(OH)–C–C–N with tert-alkyl or cyclic N) is 1. The van der Waals surface area contributed by atoms with Crippen LogP contribution in [-0.4, -0.2) is 42.4 Å². The molecule has 2 rings (SSSR count). The fourth-order valence-corrected chi connectivity index (χ4v) is 2.55. The summed E-state index contributed by atoms with van der Waals surface area (Å²) in [5, 5.41) is 9.95. The highest BCUT2D eigenvalue weighted by molar-refractivity contribution is 5.23. The van der Waals surface area contributed by atoms with Crippen molar-refractivity contribution in [3.63, 3.8) is 0 Å². The first-order valence-electron chi connectivity index (χ1n) is 6.93. The fourth-order valence-electron chi connectivity index (χ4n) is 2.55. The Morgan fingerprint density at radius 2 is 2.26 bits per heavy atom. The molecular formula is C15H22FNO2. The van der Waals surface area contributed by atoms with Gasteiger partial charge in [0.1, 0.15) is 12.7 Å². The number of hydrogen-bond acceptors (Lipinski definition) is 3. The molecule has 1 aromatic carbocycles. The topological polar surface area (TPSA) is 32.7 Å². The Kier molecular flexibility index (Phi) is 5.16. The van der Waals surface area contributed by atoms with Gasteiger partial charge in [-0.25, -0.2) is 4.39 Å². The molecule has 1 heterocycles. The van der Waals surface area contributed by atoms with E-state index in [1.165, 1.54) is 18.9 Å². The molecule has 1 aromatic rings. The van der Waals surface area contributed by atoms with E-state index >= 15 is 0 Å². The van der Waals surface area contributed by atoms with E-state index in [-0.39, 0.29) is 18.2 Å². The van der Waals surface area contributed by atoms with E-state index in [1.54, 1.807) is 18.2 Å². The number of para-hydroxylation sites is 1. The molecule has 19 heavy (non-hydrogen) atoms. The quantitative estimate of drug-likeness (QED) is 0.888. The molecule has 4 heteroatoms. The van der Waals surface area contributed by atoms with Crippen molar-refractivity contribution in [1.82, 2.24) is 4.90 Å². The first-order valence-corrected chi connectivity index (χ1v) is 6.93. The molecule has 0 aliphatic carbocycles. The summed E-state index contributed by atoms with van der Waals surface area (Å²) in [5.41, 5.74) is 0. The highest BCUT2D eigenvalue weighted by Gasteiger charge is 2.19. The number of nitrogens with zero attached hydrogens (tertiary/aromatic N) is 1. The number of rotatable bonds is 5. The van der Waals surface area contributed by atoms with Gasteiger partial charge in [-0.15, -0.1) is 0 Å². The van der Waals surface area contributed by atoms with E-state index in [0.29, 0.717) is 12.5 Å². The zero-order chi connectivity index (χ0) is 13.7. The molecule has 0 bridgehead atoms. The van der Waals surface area contributed by atoms with Gasteiger partial charge in [-0.2, -0.15) is 0 Å². The molecule has 0 unspecified atom stereocenters. The predicted octanol–water partition coefficient (Wildman–Crippen LogP) is 2.30. The second-order valence-corrected chi connectivity index (χ2v) is 5.40. The summed E-state index contributed by atoms with van der Waals surface area (Å²) in [6.45, 7) is 5.01. The molecule has 0 radical (unpaired) electrons. The fraction of sp³-hybridized carbons (Fsp3) is 0.600. The third kappa shape index (κ3) is 4.48. The van der Waals surface area contributed by atoms with Gasteiger partial charge < -0.3 is 14.7 Å². The van der Waals surface area contributed by atoms with Gasteiger partial charge in [-0.3, -0.25) is 0 Å². The Morgan fingerprint density at radius 1 is 1.47 bits per heavy atom. The van der Waals surface area contributed by atoms with Gasteiger partial charge in [-0.05, 0) is 37.4 Å². The summed E-state index contributed by atoms with van der Waals surface area (Å²) in [4.78, 5) is 2.25. The van der Waals surface area contributed by atoms with Crippen molar-refractivity contribution >= 4 is 0 Å². The molecule has 0 aromatic heterocycles. The standard InChI is InChI=1S/C15H22FNO2/c1-12-5-4-8-17(9-12)10-13(18)11-19-15-7-3-2-6-14(15)16/h2-3,6-7,12-13,18H,4-5,8-11H2,1H3/t12-,13-/m1/s1. The molecule has 1 saturated heterocycles. The highest BCUT2D eigenvalue weighted by atomic mass is 19.1. The Hall–Kier alpha value is -1.13. The zero-order valence-electron chi connectivity index (χ0n) is 11.4. The van der Waals surface area contributed by atoms with Crippen LogP contribution < -0.4 is 4.74 Å². The van der Waals surface area contributed by atoms with Gasteiger partial charge in [0.2, 0.25) is 0 Å². The van der Waals surface area contributed by atoms with Gasteiger partial charge in [0.05, 0.1) is 0 Å². The molecule has 0 saturated carbocycles. The second kappa shape index (κ2) is 6.87. The summed E-state index contributed by atoms with van der Waals surface area (Å²) in [6, 6.07) is 6.27. The van der Waals surface area contributed by atoms with Crippen LogP contribution in [0.3, 0.4) is 0 Å². The lowest BCUT2D eigenvalue weighted by Crippen LogP contribution is -2.41. The van der Waals surface area contributed by atoms with E-state index in [4.69, 9.17) is 4.74 Å². The highest BCUT2D eigenvalue weighted by Crippen LogP contribution is 2.17. The van der Waals surface area contributed by atoms with Gasteiger partial charge >= 0.3 is 0 Å². The lowest BCUT2D eigenvalue weighted by Gasteiger charge is -2.32. The largest absolute Gasteiger partial charge is 0.488 e. The maximum Gasteiger partial charge on any atom is 0.165 e. The third-order valence-electron chi connectivity index (χ3n) is 3.48. The summed E-state index contributed by atoms with van der Waals surface area (Å²) in [7, 11) is 0. The van der Waals surface area contributed by atoms with E-state index in [0.717, 1.165) is 13.1 Å². The maximum absolute atomic E-state index is 13.3. The number of piperidine rings is 1. The zero-order valence-corrected chi connectivity index (χ0v) is 11.4. The monoisotopic (exact) mass is 267 g/mol. The predicted molar refractivity (Wildman–Crippen MR) is 72.7 cm³/mol. The van der Waals surface area contributed by atoms with E-state index in [2.05, 4.69) is 11.8 Å². The van der Waals surface area contributed by atoms with Crippen molar-refractivity contribution in [2.24, 2.45) is 5.92 Å². The molecule has 1 fully saturated rings. The van der Waals surface area contributed by atoms with Crippen molar-refractivity contribution in [3.05, 3.63) is 30.1 Å². The summed E-state index contributed by atoms with van der Waals surface area (Å²) >= 11 is 0. The van der Waals surface area contributed by atoms with Crippen LogP contribution in [0.5, 0.6) is 5.75 Å². The molecule has 0 spiro atoms. The molecule has 106 valence electrons. The van der Waals surface area contributed by atoms with Crippen molar-refractivity contribution < 1.29 is 14.2 Å². The van der Waals surface area contributed by atoms with Gasteiger partial charge in [0.15, 0.2) is 11.6 Å². The lowest BCUT2D eigenvalue weighted by molar-refractivity contribution is 0.0526. The normalized spacial score (nSPS) is 22.2. The van der Waals surface area contributed by atoms with E-state index < -0.39 is 6.10 Å². The van der Waals surface area contributed by atoms with Gasteiger partial charge in [0.25, 0.3) is 0 Å². The smallest absolute Gasteiger partial charge is 0.165 e. The van der Waals surface area contributed by atoms with Crippen LogP contribution in [0.2, 0.25) is 0 Å². The van der Waals surface area contributed by atoms with Crippen LogP contribution in [0.4, 0.5) is 4.39 Å². The Balaban J connectivity index is 1.75. The van der Waals surface area contributed by atoms with Crippen molar-refractivity contribution in [2.45, 2.75) is 25.9 Å². The van der Waals surface area contributed by atoms with Crippen LogP contribution in [0.15, 0.2) is 24.3 Å². The van der Waals surface area contributed by atoms with Crippen molar-refractivity contribution in [3.8, 4) is 5.75 Å². The SMILES string of the molecule is C[C@@H]1CCCN(C[C@@H](O)COc2ccccc2F)C1. The molecular weight excluding hydrogens is 245 g/mol. The van der Waals surface area contributed by atoms with Crippen LogP contribution in [0.25, 0.3) is 0 Å². The average molecular weight is 267 g/mol.